The van der Waals surface area contributed by atoms with Crippen LogP contribution in [0.15, 0.2) is 37.5 Å². The highest BCUT2D eigenvalue weighted by Crippen LogP contribution is 2.15. The summed E-state index contributed by atoms with van der Waals surface area (Å²) >= 11 is 0. The van der Waals surface area contributed by atoms with E-state index in [1.165, 1.54) is 205 Å². The molecule has 4 nitrogen and oxygen atoms in total. The molecule has 0 aromatic rings. The maximum atomic E-state index is 10.5. The van der Waals surface area contributed by atoms with Crippen LogP contribution in [0.4, 0.5) is 0 Å². The molecule has 0 aliphatic carbocycles. The Morgan fingerprint density at radius 2 is 0.543 bits per heavy atom. The van der Waals surface area contributed by atoms with Crippen molar-refractivity contribution in [2.45, 2.75) is 219 Å². The fourth-order valence-corrected chi connectivity index (χ4v) is 5.67. The molecular formula is C42H82N2O2. The fourth-order valence-electron chi connectivity index (χ4n) is 5.67. The van der Waals surface area contributed by atoms with Gasteiger partial charge >= 0.3 is 0 Å². The van der Waals surface area contributed by atoms with Crippen molar-refractivity contribution in [1.82, 2.24) is 0 Å². The Labute approximate surface area is 289 Å². The minimum absolute atomic E-state index is 0.332. The molecule has 0 radical (unpaired) electrons. The lowest BCUT2D eigenvalue weighted by Gasteiger charge is -2.03. The Kier molecular flexibility index (Phi) is 50.2. The van der Waals surface area contributed by atoms with E-state index in [1.807, 2.05) is 12.2 Å². The smallest absolute Gasteiger partial charge is 0.241 e. The Bertz CT molecular complexity index is 590. The van der Waals surface area contributed by atoms with Gasteiger partial charge in [-0.25, -0.2) is 0 Å². The summed E-state index contributed by atoms with van der Waals surface area (Å²) in [6.07, 6.45) is 50.4. The average molecular weight is 647 g/mol. The Morgan fingerprint density at radius 3 is 0.717 bits per heavy atom. The van der Waals surface area contributed by atoms with Crippen molar-refractivity contribution < 1.29 is 9.59 Å². The second-order valence-electron chi connectivity index (χ2n) is 13.1. The molecule has 0 aliphatic rings. The van der Waals surface area contributed by atoms with E-state index in [4.69, 9.17) is 11.5 Å². The third kappa shape index (κ3) is 54.6. The minimum atomic E-state index is -0.332. The molecular weight excluding hydrogens is 564 g/mol. The number of carbonyl (C=O) groups is 2. The van der Waals surface area contributed by atoms with Crippen molar-refractivity contribution in [2.24, 2.45) is 11.5 Å². The van der Waals surface area contributed by atoms with E-state index in [-0.39, 0.29) is 11.8 Å². The second kappa shape index (κ2) is 47.6. The molecule has 0 unspecified atom stereocenters. The van der Waals surface area contributed by atoms with Gasteiger partial charge in [-0.1, -0.05) is 206 Å². The summed E-state index contributed by atoms with van der Waals surface area (Å²) < 4.78 is 0. The summed E-state index contributed by atoms with van der Waals surface area (Å²) in [7, 11) is 0. The first-order chi connectivity index (χ1) is 22.5. The van der Waals surface area contributed by atoms with Gasteiger partial charge in [-0.05, 0) is 37.8 Å². The number of amides is 2. The predicted octanol–water partition coefficient (Wildman–Crippen LogP) is 13.4. The van der Waals surface area contributed by atoms with Crippen LogP contribution in [0, 0.1) is 0 Å². The minimum Gasteiger partial charge on any atom is -0.366 e. The zero-order valence-electron chi connectivity index (χ0n) is 31.3. The molecule has 0 rings (SSSR count). The largest absolute Gasteiger partial charge is 0.366 e. The molecule has 272 valence electrons. The van der Waals surface area contributed by atoms with Crippen molar-refractivity contribution in [3.05, 3.63) is 37.5 Å². The van der Waals surface area contributed by atoms with Gasteiger partial charge in [0, 0.05) is 0 Å². The van der Waals surface area contributed by atoms with E-state index < -0.39 is 0 Å². The maximum Gasteiger partial charge on any atom is 0.241 e. The van der Waals surface area contributed by atoms with E-state index in [9.17, 15) is 9.59 Å². The summed E-state index contributed by atoms with van der Waals surface area (Å²) in [6.45, 7) is 10.6. The number of carbonyl (C=O) groups excluding carboxylic acids is 2. The molecule has 0 aromatic heterocycles. The Morgan fingerprint density at radius 1 is 0.370 bits per heavy atom. The first-order valence-corrected chi connectivity index (χ1v) is 20.0. The van der Waals surface area contributed by atoms with Crippen LogP contribution >= 0.6 is 0 Å². The Hall–Kier alpha value is -1.84. The predicted molar refractivity (Wildman–Crippen MR) is 207 cm³/mol. The summed E-state index contributed by atoms with van der Waals surface area (Å²) in [5, 5.41) is 0. The van der Waals surface area contributed by atoms with Crippen molar-refractivity contribution in [1.29, 1.82) is 0 Å². The quantitative estimate of drug-likeness (QED) is 0.0414. The second-order valence-corrected chi connectivity index (χ2v) is 13.1. The van der Waals surface area contributed by atoms with E-state index in [0.29, 0.717) is 0 Å². The summed E-state index contributed by atoms with van der Waals surface area (Å²) in [5.41, 5.74) is 10.1. The Balaban J connectivity index is -0.000000762. The summed E-state index contributed by atoms with van der Waals surface area (Å²) in [5.74, 6) is -0.665. The third-order valence-corrected chi connectivity index (χ3v) is 8.51. The number of hydrogen-bond donors (Lipinski definition) is 2. The molecule has 0 aliphatic heterocycles. The summed E-state index contributed by atoms with van der Waals surface area (Å²) in [4.78, 5) is 21.0. The number of hydrogen-bond acceptors (Lipinski definition) is 2. The SMILES string of the molecule is C=C.CCCCCCCCCCCCCCCCCC=CC(N)=O.CCCCCCCCCCCCCCCCCC=CC(N)=O. The van der Waals surface area contributed by atoms with Crippen LogP contribution in [0.1, 0.15) is 219 Å². The van der Waals surface area contributed by atoms with Gasteiger partial charge in [-0.2, -0.15) is 0 Å². The molecule has 4 heteroatoms. The van der Waals surface area contributed by atoms with Crippen LogP contribution < -0.4 is 11.5 Å². The van der Waals surface area contributed by atoms with Gasteiger partial charge in [0.2, 0.25) is 11.8 Å². The topological polar surface area (TPSA) is 86.2 Å². The molecule has 2 amide bonds. The van der Waals surface area contributed by atoms with Gasteiger partial charge in [0.05, 0.1) is 0 Å². The highest BCUT2D eigenvalue weighted by atomic mass is 16.1. The maximum absolute atomic E-state index is 10.5. The number of nitrogens with two attached hydrogens (primary N) is 2. The molecule has 0 bridgehead atoms. The van der Waals surface area contributed by atoms with Crippen LogP contribution in [0.25, 0.3) is 0 Å². The normalized spacial score (nSPS) is 10.9. The lowest BCUT2D eigenvalue weighted by molar-refractivity contribution is -0.114. The zero-order valence-corrected chi connectivity index (χ0v) is 31.3. The highest BCUT2D eigenvalue weighted by molar-refractivity contribution is 5.85. The summed E-state index contributed by atoms with van der Waals surface area (Å²) in [6, 6.07) is 0. The third-order valence-electron chi connectivity index (χ3n) is 8.51. The van der Waals surface area contributed by atoms with Gasteiger partial charge in [0.15, 0.2) is 0 Å². The molecule has 46 heavy (non-hydrogen) atoms. The van der Waals surface area contributed by atoms with Crippen molar-refractivity contribution >= 4 is 11.8 Å². The number of unbranched alkanes of at least 4 members (excludes halogenated alkanes) is 30. The standard InChI is InChI=1S/2C20H39NO.C2H4/c2*1-2-3-4-5-6-7-8-9-10-11-12-13-14-15-16-17-18-19-20(21)22;1-2/h2*18-19H,2-17H2,1H3,(H2,21,22);1-2H2. The van der Waals surface area contributed by atoms with Crippen LogP contribution in [0.3, 0.4) is 0 Å². The first-order valence-electron chi connectivity index (χ1n) is 20.0. The van der Waals surface area contributed by atoms with Crippen LogP contribution in [0.2, 0.25) is 0 Å². The van der Waals surface area contributed by atoms with Gasteiger partial charge in [-0.15, -0.1) is 13.2 Å². The molecule has 4 N–H and O–H groups in total. The van der Waals surface area contributed by atoms with Crippen LogP contribution in [-0.2, 0) is 9.59 Å². The number of allylic oxidation sites excluding steroid dienone is 2. The molecule has 0 saturated carbocycles. The van der Waals surface area contributed by atoms with Gasteiger partial charge in [0.25, 0.3) is 0 Å². The highest BCUT2D eigenvalue weighted by Gasteiger charge is 1.96. The first kappa shape index (κ1) is 48.6. The lowest BCUT2D eigenvalue weighted by atomic mass is 10.0. The van der Waals surface area contributed by atoms with Gasteiger partial charge in [0.1, 0.15) is 0 Å². The molecule has 0 saturated heterocycles. The van der Waals surface area contributed by atoms with Crippen LogP contribution in [-0.4, -0.2) is 11.8 Å². The molecule has 0 heterocycles. The van der Waals surface area contributed by atoms with Gasteiger partial charge < -0.3 is 11.5 Å². The lowest BCUT2D eigenvalue weighted by Crippen LogP contribution is -2.05. The van der Waals surface area contributed by atoms with Crippen molar-refractivity contribution in [3.8, 4) is 0 Å². The number of rotatable bonds is 34. The van der Waals surface area contributed by atoms with Crippen molar-refractivity contribution in [3.63, 3.8) is 0 Å². The zero-order chi connectivity index (χ0) is 34.6. The molecule has 0 fully saturated rings. The molecule has 0 atom stereocenters. The van der Waals surface area contributed by atoms with Gasteiger partial charge in [-0.3, -0.25) is 9.59 Å². The van der Waals surface area contributed by atoms with E-state index in [0.717, 1.165) is 12.8 Å². The van der Waals surface area contributed by atoms with Crippen LogP contribution in [0.5, 0.6) is 0 Å². The average Bonchev–Trinajstić information content (AvgIpc) is 3.05. The van der Waals surface area contributed by atoms with E-state index in [1.54, 1.807) is 0 Å². The van der Waals surface area contributed by atoms with Crippen molar-refractivity contribution in [2.75, 3.05) is 0 Å². The fraction of sp³-hybridized carbons (Fsp3) is 0.810. The van der Waals surface area contributed by atoms with E-state index >= 15 is 0 Å². The molecule has 0 spiro atoms. The van der Waals surface area contributed by atoms with E-state index in [2.05, 4.69) is 27.0 Å². The number of primary amides is 2. The molecule has 0 aromatic carbocycles. The monoisotopic (exact) mass is 647 g/mol.